The number of carbonyl (C=O) groups is 1. The zero-order chi connectivity index (χ0) is 24.5. The number of halogens is 1. The number of pyridine rings is 1. The number of aromatic carboxylic acids is 1. The highest BCUT2D eigenvalue weighted by Crippen LogP contribution is 2.32. The van der Waals surface area contributed by atoms with Crippen LogP contribution in [0, 0.1) is 18.3 Å². The Balaban J connectivity index is 1.43. The van der Waals surface area contributed by atoms with Crippen molar-refractivity contribution in [2.45, 2.75) is 6.92 Å². The summed E-state index contributed by atoms with van der Waals surface area (Å²) in [6, 6.07) is 24.0. The maximum atomic E-state index is 11.4. The van der Waals surface area contributed by atoms with Crippen molar-refractivity contribution < 1.29 is 14.6 Å². The highest BCUT2D eigenvalue weighted by molar-refractivity contribution is 6.33. The zero-order valence-electron chi connectivity index (χ0n) is 18.4. The third-order valence-corrected chi connectivity index (χ3v) is 5.85. The molecule has 0 fully saturated rings. The topological polar surface area (TPSA) is 112 Å². The first-order chi connectivity index (χ1) is 16.9. The maximum Gasteiger partial charge on any atom is 0.336 e. The highest BCUT2D eigenvalue weighted by atomic mass is 35.5. The molecule has 8 heteroatoms. The van der Waals surface area contributed by atoms with Gasteiger partial charge in [0.15, 0.2) is 5.65 Å². The van der Waals surface area contributed by atoms with Gasteiger partial charge >= 0.3 is 12.0 Å². The number of hydrogen-bond donors (Lipinski definition) is 2. The van der Waals surface area contributed by atoms with E-state index in [2.05, 4.69) is 21.0 Å². The minimum atomic E-state index is -1.03. The lowest BCUT2D eigenvalue weighted by Crippen LogP contribution is -2.00. The van der Waals surface area contributed by atoms with Crippen LogP contribution in [-0.2, 0) is 0 Å². The van der Waals surface area contributed by atoms with Gasteiger partial charge in [-0.2, -0.15) is 10.2 Å². The number of nitrogens with zero attached hydrogens (tertiary/aromatic N) is 3. The number of ether oxygens (including phenoxy) is 1. The molecular weight excluding hydrogens is 464 g/mol. The molecule has 0 unspecified atom stereocenters. The molecule has 2 heterocycles. The molecule has 0 atom stereocenters. The standard InChI is InChI=1S/C27H17ClN4O3/c1-15-2-11-20(12-21(15)26(33)34)35-27-30-23-13-22(28)24(31-25(23)32-27)19-9-7-18(8-10-19)17-5-3-16(14-29)4-6-17/h2-13H,1H3,(H,33,34)(H,30,31,32). The fraction of sp³-hybridized carbons (Fsp3) is 0.0370. The number of hydrogen-bond acceptors (Lipinski definition) is 5. The molecule has 7 nitrogen and oxygen atoms in total. The lowest BCUT2D eigenvalue weighted by Gasteiger charge is -2.06. The van der Waals surface area contributed by atoms with Crippen molar-refractivity contribution >= 4 is 28.7 Å². The van der Waals surface area contributed by atoms with Crippen molar-refractivity contribution in [1.82, 2.24) is 15.0 Å². The Kier molecular flexibility index (Phi) is 5.65. The minimum absolute atomic E-state index is 0.159. The summed E-state index contributed by atoms with van der Waals surface area (Å²) < 4.78 is 5.74. The van der Waals surface area contributed by atoms with Gasteiger partial charge in [0, 0.05) is 5.56 Å². The molecule has 2 aromatic heterocycles. The maximum absolute atomic E-state index is 11.4. The number of aromatic amines is 1. The van der Waals surface area contributed by atoms with Crippen LogP contribution in [0.2, 0.25) is 5.02 Å². The summed E-state index contributed by atoms with van der Waals surface area (Å²) in [6.07, 6.45) is 0. The molecule has 2 N–H and O–H groups in total. The van der Waals surface area contributed by atoms with Crippen molar-refractivity contribution in [3.8, 4) is 40.2 Å². The molecule has 0 aliphatic heterocycles. The Bertz CT molecular complexity index is 1620. The van der Waals surface area contributed by atoms with E-state index in [1.165, 1.54) is 6.07 Å². The number of aryl methyl sites for hydroxylation is 1. The Morgan fingerprint density at radius 1 is 0.971 bits per heavy atom. The summed E-state index contributed by atoms with van der Waals surface area (Å²) in [7, 11) is 0. The number of imidazole rings is 1. The number of nitriles is 1. The van der Waals surface area contributed by atoms with Crippen LogP contribution >= 0.6 is 11.6 Å². The molecule has 0 aliphatic carbocycles. The van der Waals surface area contributed by atoms with E-state index in [0.717, 1.165) is 16.7 Å². The Hall–Kier alpha value is -4.67. The van der Waals surface area contributed by atoms with E-state index in [9.17, 15) is 9.90 Å². The van der Waals surface area contributed by atoms with Crippen molar-refractivity contribution in [2.24, 2.45) is 0 Å². The number of H-pyrrole nitrogens is 1. The van der Waals surface area contributed by atoms with Gasteiger partial charge < -0.3 is 14.8 Å². The first kappa shape index (κ1) is 22.1. The quantitative estimate of drug-likeness (QED) is 0.292. The van der Waals surface area contributed by atoms with Crippen molar-refractivity contribution in [2.75, 3.05) is 0 Å². The van der Waals surface area contributed by atoms with Gasteiger partial charge in [0.05, 0.1) is 33.4 Å². The predicted octanol–water partition coefficient (Wildman–Crippen LogP) is 6.62. The first-order valence-corrected chi connectivity index (χ1v) is 11.0. The first-order valence-electron chi connectivity index (χ1n) is 10.6. The number of benzene rings is 3. The van der Waals surface area contributed by atoms with E-state index in [-0.39, 0.29) is 11.6 Å². The summed E-state index contributed by atoms with van der Waals surface area (Å²) >= 11 is 6.52. The second kappa shape index (κ2) is 8.93. The average Bonchev–Trinajstić information content (AvgIpc) is 3.25. The van der Waals surface area contributed by atoms with Gasteiger partial charge in [0.1, 0.15) is 5.75 Å². The van der Waals surface area contributed by atoms with Gasteiger partial charge in [-0.05, 0) is 53.9 Å². The lowest BCUT2D eigenvalue weighted by atomic mass is 10.0. The molecule has 170 valence electrons. The van der Waals surface area contributed by atoms with Gasteiger partial charge in [-0.15, -0.1) is 0 Å². The van der Waals surface area contributed by atoms with Gasteiger partial charge in [0.25, 0.3) is 0 Å². The number of fused-ring (bicyclic) bond motifs is 1. The summed E-state index contributed by atoms with van der Waals surface area (Å²) in [5, 5.41) is 18.7. The van der Waals surface area contributed by atoms with E-state index >= 15 is 0 Å². The highest BCUT2D eigenvalue weighted by Gasteiger charge is 2.14. The third-order valence-electron chi connectivity index (χ3n) is 5.56. The molecule has 0 spiro atoms. The van der Waals surface area contributed by atoms with Crippen LogP contribution in [-0.4, -0.2) is 26.0 Å². The fourth-order valence-electron chi connectivity index (χ4n) is 3.71. The molecule has 35 heavy (non-hydrogen) atoms. The molecule has 0 radical (unpaired) electrons. The van der Waals surface area contributed by atoms with Gasteiger partial charge in [-0.25, -0.2) is 9.78 Å². The molecule has 0 bridgehead atoms. The second-order valence-corrected chi connectivity index (χ2v) is 8.29. The zero-order valence-corrected chi connectivity index (χ0v) is 19.2. The summed E-state index contributed by atoms with van der Waals surface area (Å²) in [6.45, 7) is 1.72. The van der Waals surface area contributed by atoms with Gasteiger partial charge in [-0.3, -0.25) is 0 Å². The molecular formula is C27H17ClN4O3. The van der Waals surface area contributed by atoms with E-state index in [0.29, 0.717) is 38.8 Å². The number of carboxylic acids is 1. The summed E-state index contributed by atoms with van der Waals surface area (Å²) in [5.41, 5.74) is 5.82. The van der Waals surface area contributed by atoms with E-state index in [4.69, 9.17) is 21.6 Å². The molecule has 0 saturated heterocycles. The Morgan fingerprint density at radius 2 is 1.63 bits per heavy atom. The normalized spacial score (nSPS) is 10.8. The monoisotopic (exact) mass is 480 g/mol. The Morgan fingerprint density at radius 3 is 2.29 bits per heavy atom. The Labute approximate surface area is 205 Å². The molecule has 0 amide bonds. The predicted molar refractivity (Wildman–Crippen MR) is 133 cm³/mol. The number of nitrogens with one attached hydrogen (secondary N) is 1. The van der Waals surface area contributed by atoms with E-state index in [1.807, 2.05) is 36.4 Å². The second-order valence-electron chi connectivity index (χ2n) is 7.88. The molecule has 5 aromatic rings. The minimum Gasteiger partial charge on any atom is -0.478 e. The lowest BCUT2D eigenvalue weighted by molar-refractivity contribution is 0.0695. The van der Waals surface area contributed by atoms with Gasteiger partial charge in [0.2, 0.25) is 0 Å². The SMILES string of the molecule is Cc1ccc(Oc2nc3nc(-c4ccc(-c5ccc(C#N)cc5)cc4)c(Cl)cc3[nH]2)cc1C(=O)O. The summed E-state index contributed by atoms with van der Waals surface area (Å²) in [4.78, 5) is 23.4. The largest absolute Gasteiger partial charge is 0.478 e. The number of rotatable bonds is 5. The van der Waals surface area contributed by atoms with E-state index in [1.54, 1.807) is 37.3 Å². The number of aromatic nitrogens is 3. The fourth-order valence-corrected chi connectivity index (χ4v) is 3.97. The van der Waals surface area contributed by atoms with Crippen LogP contribution in [0.1, 0.15) is 21.5 Å². The van der Waals surface area contributed by atoms with Crippen molar-refractivity contribution in [1.29, 1.82) is 5.26 Å². The van der Waals surface area contributed by atoms with Crippen LogP contribution in [0.15, 0.2) is 72.8 Å². The molecule has 0 saturated carbocycles. The average molecular weight is 481 g/mol. The van der Waals surface area contributed by atoms with Crippen LogP contribution < -0.4 is 4.74 Å². The van der Waals surface area contributed by atoms with Crippen LogP contribution in [0.3, 0.4) is 0 Å². The smallest absolute Gasteiger partial charge is 0.336 e. The van der Waals surface area contributed by atoms with Crippen molar-refractivity contribution in [3.05, 3.63) is 94.5 Å². The number of carboxylic acid groups (broad SMARTS) is 1. The van der Waals surface area contributed by atoms with Crippen LogP contribution in [0.4, 0.5) is 0 Å². The van der Waals surface area contributed by atoms with Crippen LogP contribution in [0.25, 0.3) is 33.5 Å². The third kappa shape index (κ3) is 4.43. The molecule has 3 aromatic carbocycles. The van der Waals surface area contributed by atoms with Crippen molar-refractivity contribution in [3.63, 3.8) is 0 Å². The van der Waals surface area contributed by atoms with Crippen LogP contribution in [0.5, 0.6) is 11.8 Å². The molecule has 5 rings (SSSR count). The summed E-state index contributed by atoms with van der Waals surface area (Å²) in [5.74, 6) is -0.683. The molecule has 0 aliphatic rings. The van der Waals surface area contributed by atoms with E-state index < -0.39 is 5.97 Å². The van der Waals surface area contributed by atoms with Gasteiger partial charge in [-0.1, -0.05) is 54.1 Å².